The van der Waals surface area contributed by atoms with Gasteiger partial charge in [0.15, 0.2) is 5.69 Å². The largest absolute Gasteiger partial charge is 0.464 e. The van der Waals surface area contributed by atoms with Gasteiger partial charge in [0.1, 0.15) is 0 Å². The maximum Gasteiger partial charge on any atom is 0.360 e. The van der Waals surface area contributed by atoms with Gasteiger partial charge >= 0.3 is 5.97 Å². The molecule has 0 saturated carbocycles. The van der Waals surface area contributed by atoms with Crippen molar-refractivity contribution in [1.82, 2.24) is 15.0 Å². The second-order valence-electron chi connectivity index (χ2n) is 4.22. The SMILES string of the molecule is COCc1c(C(=O)OC)nnn1CCC(C)C. The highest BCUT2D eigenvalue weighted by Crippen LogP contribution is 2.11. The van der Waals surface area contributed by atoms with Crippen LogP contribution in [0.3, 0.4) is 0 Å². The molecule has 1 rings (SSSR count). The average Bonchev–Trinajstić information content (AvgIpc) is 2.69. The van der Waals surface area contributed by atoms with Gasteiger partial charge in [-0.25, -0.2) is 9.48 Å². The molecular weight excluding hydrogens is 222 g/mol. The van der Waals surface area contributed by atoms with Crippen molar-refractivity contribution >= 4 is 5.97 Å². The van der Waals surface area contributed by atoms with Crippen LogP contribution in [0.5, 0.6) is 0 Å². The first-order valence-corrected chi connectivity index (χ1v) is 5.59. The molecule has 0 saturated heterocycles. The Morgan fingerprint density at radius 2 is 2.12 bits per heavy atom. The van der Waals surface area contributed by atoms with E-state index in [-0.39, 0.29) is 5.69 Å². The van der Waals surface area contributed by atoms with E-state index in [1.165, 1.54) is 7.11 Å². The highest BCUT2D eigenvalue weighted by atomic mass is 16.5. The van der Waals surface area contributed by atoms with Gasteiger partial charge < -0.3 is 9.47 Å². The average molecular weight is 241 g/mol. The number of rotatable bonds is 6. The normalized spacial score (nSPS) is 10.9. The minimum Gasteiger partial charge on any atom is -0.464 e. The lowest BCUT2D eigenvalue weighted by molar-refractivity contribution is 0.0588. The van der Waals surface area contributed by atoms with E-state index in [0.29, 0.717) is 18.2 Å². The number of hydrogen-bond donors (Lipinski definition) is 0. The number of methoxy groups -OCH3 is 2. The van der Waals surface area contributed by atoms with E-state index in [4.69, 9.17) is 4.74 Å². The Morgan fingerprint density at radius 1 is 1.41 bits per heavy atom. The first kappa shape index (κ1) is 13.6. The Kier molecular flexibility index (Phi) is 5.09. The molecule has 6 nitrogen and oxygen atoms in total. The van der Waals surface area contributed by atoms with Gasteiger partial charge in [-0.1, -0.05) is 19.1 Å². The fourth-order valence-electron chi connectivity index (χ4n) is 1.43. The maximum atomic E-state index is 11.5. The zero-order valence-corrected chi connectivity index (χ0v) is 10.8. The Bertz CT molecular complexity index is 374. The number of esters is 1. The van der Waals surface area contributed by atoms with Crippen molar-refractivity contribution in [3.05, 3.63) is 11.4 Å². The van der Waals surface area contributed by atoms with E-state index in [1.54, 1.807) is 11.8 Å². The molecule has 17 heavy (non-hydrogen) atoms. The number of ether oxygens (including phenoxy) is 2. The predicted molar refractivity (Wildman–Crippen MR) is 61.5 cm³/mol. The zero-order chi connectivity index (χ0) is 12.8. The molecule has 0 unspecified atom stereocenters. The highest BCUT2D eigenvalue weighted by molar-refractivity contribution is 5.88. The summed E-state index contributed by atoms with van der Waals surface area (Å²) in [7, 11) is 2.90. The lowest BCUT2D eigenvalue weighted by Crippen LogP contribution is -2.11. The van der Waals surface area contributed by atoms with Gasteiger partial charge in [-0.3, -0.25) is 0 Å². The van der Waals surface area contributed by atoms with Gasteiger partial charge in [-0.2, -0.15) is 0 Å². The molecule has 0 aliphatic carbocycles. The van der Waals surface area contributed by atoms with Crippen molar-refractivity contribution in [2.24, 2.45) is 5.92 Å². The van der Waals surface area contributed by atoms with Crippen molar-refractivity contribution in [3.63, 3.8) is 0 Å². The number of aryl methyl sites for hydroxylation is 1. The van der Waals surface area contributed by atoms with E-state index in [0.717, 1.165) is 13.0 Å². The van der Waals surface area contributed by atoms with Crippen molar-refractivity contribution in [1.29, 1.82) is 0 Å². The molecule has 1 aromatic rings. The summed E-state index contributed by atoms with van der Waals surface area (Å²) in [5, 5.41) is 7.80. The topological polar surface area (TPSA) is 66.2 Å². The van der Waals surface area contributed by atoms with Crippen LogP contribution in [0.1, 0.15) is 36.5 Å². The van der Waals surface area contributed by atoms with Gasteiger partial charge in [0.25, 0.3) is 0 Å². The molecule has 1 heterocycles. The Morgan fingerprint density at radius 3 is 2.65 bits per heavy atom. The molecule has 0 radical (unpaired) electrons. The number of carbonyl (C=O) groups excluding carboxylic acids is 1. The monoisotopic (exact) mass is 241 g/mol. The first-order chi connectivity index (χ1) is 8.10. The van der Waals surface area contributed by atoms with E-state index in [9.17, 15) is 4.79 Å². The number of carbonyl (C=O) groups is 1. The molecule has 0 aromatic carbocycles. The van der Waals surface area contributed by atoms with Gasteiger partial charge in [-0.05, 0) is 12.3 Å². The third-order valence-electron chi connectivity index (χ3n) is 2.42. The summed E-state index contributed by atoms with van der Waals surface area (Å²) in [6.07, 6.45) is 0.973. The predicted octanol–water partition coefficient (Wildman–Crippen LogP) is 1.26. The van der Waals surface area contributed by atoms with E-state index in [2.05, 4.69) is 28.9 Å². The molecule has 0 bridgehead atoms. The summed E-state index contributed by atoms with van der Waals surface area (Å²) in [6.45, 7) is 5.29. The van der Waals surface area contributed by atoms with Crippen LogP contribution in [0.25, 0.3) is 0 Å². The van der Waals surface area contributed by atoms with Crippen LogP contribution < -0.4 is 0 Å². The molecular formula is C11H19N3O3. The molecule has 0 spiro atoms. The van der Waals surface area contributed by atoms with Crippen LogP contribution in [0.2, 0.25) is 0 Å². The lowest BCUT2D eigenvalue weighted by Gasteiger charge is -2.08. The maximum absolute atomic E-state index is 11.5. The smallest absolute Gasteiger partial charge is 0.360 e. The van der Waals surface area contributed by atoms with Crippen LogP contribution >= 0.6 is 0 Å². The van der Waals surface area contributed by atoms with E-state index < -0.39 is 5.97 Å². The molecule has 0 fully saturated rings. The molecule has 0 atom stereocenters. The van der Waals surface area contributed by atoms with E-state index >= 15 is 0 Å². The number of aromatic nitrogens is 3. The third kappa shape index (κ3) is 3.52. The number of hydrogen-bond acceptors (Lipinski definition) is 5. The summed E-state index contributed by atoms with van der Waals surface area (Å²) < 4.78 is 11.4. The van der Waals surface area contributed by atoms with Crippen LogP contribution in [-0.2, 0) is 22.6 Å². The molecule has 6 heteroatoms. The van der Waals surface area contributed by atoms with E-state index in [1.807, 2.05) is 0 Å². The van der Waals surface area contributed by atoms with Crippen molar-refractivity contribution in [2.45, 2.75) is 33.4 Å². The fraction of sp³-hybridized carbons (Fsp3) is 0.727. The Labute approximate surface area is 101 Å². The second kappa shape index (κ2) is 6.34. The van der Waals surface area contributed by atoms with Crippen LogP contribution in [0.15, 0.2) is 0 Å². The molecule has 0 aliphatic rings. The Balaban J connectivity index is 2.89. The summed E-state index contributed by atoms with van der Waals surface area (Å²) in [5.41, 5.74) is 0.901. The quantitative estimate of drug-likeness (QED) is 0.701. The summed E-state index contributed by atoms with van der Waals surface area (Å²) >= 11 is 0. The molecule has 0 aliphatic heterocycles. The van der Waals surface area contributed by atoms with Crippen molar-refractivity contribution in [2.75, 3.05) is 14.2 Å². The minimum absolute atomic E-state index is 0.234. The fourth-order valence-corrected chi connectivity index (χ4v) is 1.43. The standard InChI is InChI=1S/C11H19N3O3/c1-8(2)5-6-14-9(7-16-3)10(12-13-14)11(15)17-4/h8H,5-7H2,1-4H3. The van der Waals surface area contributed by atoms with Crippen LogP contribution in [0.4, 0.5) is 0 Å². The van der Waals surface area contributed by atoms with Gasteiger partial charge in [0, 0.05) is 13.7 Å². The molecule has 0 amide bonds. The first-order valence-electron chi connectivity index (χ1n) is 5.59. The third-order valence-corrected chi connectivity index (χ3v) is 2.42. The summed E-state index contributed by atoms with van der Waals surface area (Å²) in [4.78, 5) is 11.5. The molecule has 1 aromatic heterocycles. The minimum atomic E-state index is -0.479. The van der Waals surface area contributed by atoms with Gasteiger partial charge in [0.2, 0.25) is 0 Å². The lowest BCUT2D eigenvalue weighted by atomic mass is 10.1. The molecule has 96 valence electrons. The van der Waals surface area contributed by atoms with Crippen molar-refractivity contribution < 1.29 is 14.3 Å². The van der Waals surface area contributed by atoms with Crippen LogP contribution in [-0.4, -0.2) is 35.2 Å². The Hall–Kier alpha value is -1.43. The summed E-state index contributed by atoms with van der Waals surface area (Å²) in [5.74, 6) is 0.0871. The van der Waals surface area contributed by atoms with Gasteiger partial charge in [-0.15, -0.1) is 5.10 Å². The van der Waals surface area contributed by atoms with Crippen LogP contribution in [0, 0.1) is 5.92 Å². The second-order valence-corrected chi connectivity index (χ2v) is 4.22. The highest BCUT2D eigenvalue weighted by Gasteiger charge is 2.19. The molecule has 0 N–H and O–H groups in total. The van der Waals surface area contributed by atoms with Crippen molar-refractivity contribution in [3.8, 4) is 0 Å². The van der Waals surface area contributed by atoms with Gasteiger partial charge in [0.05, 0.1) is 19.4 Å². The summed E-state index contributed by atoms with van der Waals surface area (Å²) in [6, 6.07) is 0. The number of nitrogens with zero attached hydrogens (tertiary/aromatic N) is 3. The zero-order valence-electron chi connectivity index (χ0n) is 10.8.